The minimum atomic E-state index is -0.199. The van der Waals surface area contributed by atoms with Crippen molar-refractivity contribution < 1.29 is 13.9 Å². The Morgan fingerprint density at radius 2 is 1.56 bits per heavy atom. The number of piperazine rings is 1. The van der Waals surface area contributed by atoms with Crippen molar-refractivity contribution in [3.63, 3.8) is 0 Å². The fraction of sp³-hybridized carbons (Fsp3) is 0.259. The van der Waals surface area contributed by atoms with Crippen LogP contribution in [0.25, 0.3) is 0 Å². The molecule has 3 aromatic carbocycles. The summed E-state index contributed by atoms with van der Waals surface area (Å²) >= 11 is 0. The molecule has 0 unspecified atom stereocenters. The van der Waals surface area contributed by atoms with E-state index in [0.717, 1.165) is 30.1 Å². The number of amides is 1. The summed E-state index contributed by atoms with van der Waals surface area (Å²) in [6.07, 6.45) is 0. The molecule has 0 N–H and O–H groups in total. The van der Waals surface area contributed by atoms with Crippen LogP contribution in [0.5, 0.6) is 5.75 Å². The first-order valence-electron chi connectivity index (χ1n) is 11.6. The number of rotatable bonds is 6. The van der Waals surface area contributed by atoms with Crippen LogP contribution in [0, 0.1) is 5.82 Å². The quantitative estimate of drug-likeness (QED) is 0.547. The molecule has 0 atom stereocenters. The Kier molecular flexibility index (Phi) is 6.27. The Balaban J connectivity index is 1.31. The van der Waals surface area contributed by atoms with E-state index in [0.29, 0.717) is 43.5 Å². The van der Waals surface area contributed by atoms with Gasteiger partial charge in [0.1, 0.15) is 17.3 Å². The number of nitrogens with zero attached hydrogens (tertiary/aromatic N) is 4. The summed E-state index contributed by atoms with van der Waals surface area (Å²) < 4.78 is 19.7. The number of para-hydroxylation sites is 2. The van der Waals surface area contributed by atoms with Crippen LogP contribution >= 0.6 is 0 Å². The van der Waals surface area contributed by atoms with Gasteiger partial charge >= 0.3 is 0 Å². The van der Waals surface area contributed by atoms with Crippen LogP contribution in [0.2, 0.25) is 0 Å². The summed E-state index contributed by atoms with van der Waals surface area (Å²) in [6, 6.07) is 22.1. The third-order valence-corrected chi connectivity index (χ3v) is 6.19. The number of hydrogen-bond donors (Lipinski definition) is 0. The van der Waals surface area contributed by atoms with Crippen LogP contribution in [-0.4, -0.2) is 56.0 Å². The zero-order valence-electron chi connectivity index (χ0n) is 19.2. The van der Waals surface area contributed by atoms with Crippen molar-refractivity contribution in [3.8, 4) is 5.75 Å². The number of carbonyl (C=O) groups excluding carboxylic acids is 1. The van der Waals surface area contributed by atoms with Gasteiger partial charge in [-0.3, -0.25) is 14.6 Å². The molecule has 3 aromatic rings. The minimum absolute atomic E-state index is 0.105. The van der Waals surface area contributed by atoms with Crippen molar-refractivity contribution in [1.29, 1.82) is 0 Å². The van der Waals surface area contributed by atoms with Gasteiger partial charge in [0.15, 0.2) is 0 Å². The molecule has 0 spiro atoms. The van der Waals surface area contributed by atoms with E-state index in [9.17, 15) is 9.18 Å². The van der Waals surface area contributed by atoms with Gasteiger partial charge in [-0.15, -0.1) is 0 Å². The van der Waals surface area contributed by atoms with E-state index in [2.05, 4.69) is 14.8 Å². The second kappa shape index (κ2) is 9.65. The Morgan fingerprint density at radius 3 is 2.26 bits per heavy atom. The molecular formula is C27H27FN4O2. The van der Waals surface area contributed by atoms with Crippen molar-refractivity contribution in [3.05, 3.63) is 84.2 Å². The van der Waals surface area contributed by atoms with Crippen LogP contribution in [-0.2, 0) is 4.79 Å². The first-order chi connectivity index (χ1) is 16.6. The summed E-state index contributed by atoms with van der Waals surface area (Å²) in [5.74, 6) is 0.474. The fourth-order valence-corrected chi connectivity index (χ4v) is 4.46. The largest absolute Gasteiger partial charge is 0.494 e. The summed E-state index contributed by atoms with van der Waals surface area (Å²) in [5, 5.41) is 0. The van der Waals surface area contributed by atoms with Gasteiger partial charge in [0.2, 0.25) is 0 Å². The number of carbonyl (C=O) groups is 1. The molecule has 1 amide bonds. The van der Waals surface area contributed by atoms with Gasteiger partial charge in [0.25, 0.3) is 5.91 Å². The van der Waals surface area contributed by atoms with Gasteiger partial charge in [-0.05, 0) is 49.4 Å². The molecule has 2 aliphatic rings. The van der Waals surface area contributed by atoms with E-state index in [1.807, 2.05) is 67.6 Å². The molecule has 34 heavy (non-hydrogen) atoms. The Labute approximate surface area is 198 Å². The number of aliphatic imine (C=N–C) groups is 1. The zero-order valence-corrected chi connectivity index (χ0v) is 19.2. The molecule has 0 aromatic heterocycles. The average molecular weight is 459 g/mol. The molecule has 7 heteroatoms. The highest BCUT2D eigenvalue weighted by atomic mass is 19.1. The number of benzene rings is 3. The van der Waals surface area contributed by atoms with Crippen molar-refractivity contribution in [2.24, 2.45) is 4.99 Å². The molecule has 1 saturated heterocycles. The smallest absolute Gasteiger partial charge is 0.278 e. The van der Waals surface area contributed by atoms with Crippen LogP contribution < -0.4 is 14.5 Å². The Morgan fingerprint density at radius 1 is 0.882 bits per heavy atom. The summed E-state index contributed by atoms with van der Waals surface area (Å²) in [7, 11) is 0. The van der Waals surface area contributed by atoms with Crippen molar-refractivity contribution >= 4 is 28.7 Å². The lowest BCUT2D eigenvalue weighted by Crippen LogP contribution is -2.51. The van der Waals surface area contributed by atoms with Crippen molar-refractivity contribution in [1.82, 2.24) is 4.90 Å². The van der Waals surface area contributed by atoms with Crippen LogP contribution in [0.1, 0.15) is 12.5 Å². The van der Waals surface area contributed by atoms with E-state index in [4.69, 9.17) is 4.74 Å². The molecule has 2 heterocycles. The van der Waals surface area contributed by atoms with Gasteiger partial charge < -0.3 is 9.64 Å². The number of anilines is 2. The standard InChI is InChI=1S/C27H27FN4O2/c1-2-34-21-13-11-20(12-14-21)29-26-22-7-3-5-9-24(22)32(27(26)33)19-30-15-17-31(18-16-30)25-10-6-4-8-23(25)28/h3-14H,2,15-19H2,1H3. The van der Waals surface area contributed by atoms with E-state index in [-0.39, 0.29) is 11.7 Å². The molecule has 174 valence electrons. The van der Waals surface area contributed by atoms with Gasteiger partial charge in [0, 0.05) is 31.7 Å². The topological polar surface area (TPSA) is 48.4 Å². The summed E-state index contributed by atoms with van der Waals surface area (Å²) in [5.41, 5.74) is 3.50. The van der Waals surface area contributed by atoms with Gasteiger partial charge in [0.05, 0.1) is 30.3 Å². The van der Waals surface area contributed by atoms with Crippen molar-refractivity contribution in [2.45, 2.75) is 6.92 Å². The molecule has 2 aliphatic heterocycles. The van der Waals surface area contributed by atoms with E-state index >= 15 is 0 Å². The summed E-state index contributed by atoms with van der Waals surface area (Å²) in [6.45, 7) is 5.91. The molecule has 0 bridgehead atoms. The number of fused-ring (bicyclic) bond motifs is 1. The molecular weight excluding hydrogens is 431 g/mol. The van der Waals surface area contributed by atoms with Crippen molar-refractivity contribution in [2.75, 3.05) is 49.3 Å². The predicted octanol–water partition coefficient (Wildman–Crippen LogP) is 4.47. The maximum atomic E-state index is 14.2. The lowest BCUT2D eigenvalue weighted by Gasteiger charge is -2.37. The second-order valence-corrected chi connectivity index (χ2v) is 8.34. The fourth-order valence-electron chi connectivity index (χ4n) is 4.46. The van der Waals surface area contributed by atoms with Gasteiger partial charge in [-0.2, -0.15) is 0 Å². The van der Waals surface area contributed by atoms with E-state index in [1.165, 1.54) is 6.07 Å². The first-order valence-corrected chi connectivity index (χ1v) is 11.6. The molecule has 6 nitrogen and oxygen atoms in total. The molecule has 5 rings (SSSR count). The maximum absolute atomic E-state index is 14.2. The first kappa shape index (κ1) is 22.1. The SMILES string of the molecule is CCOc1ccc(N=C2C(=O)N(CN3CCN(c4ccccc4F)CC3)c3ccccc32)cc1. The van der Waals surface area contributed by atoms with Crippen LogP contribution in [0.4, 0.5) is 21.5 Å². The minimum Gasteiger partial charge on any atom is -0.494 e. The van der Waals surface area contributed by atoms with Gasteiger partial charge in [-0.25, -0.2) is 9.38 Å². The predicted molar refractivity (Wildman–Crippen MR) is 133 cm³/mol. The Hall–Kier alpha value is -3.71. The Bertz CT molecular complexity index is 1200. The van der Waals surface area contributed by atoms with E-state index in [1.54, 1.807) is 11.0 Å². The number of ether oxygens (including phenoxy) is 1. The van der Waals surface area contributed by atoms with Crippen LogP contribution in [0.3, 0.4) is 0 Å². The molecule has 0 radical (unpaired) electrons. The normalized spacial score (nSPS) is 17.4. The van der Waals surface area contributed by atoms with Crippen LogP contribution in [0.15, 0.2) is 77.8 Å². The highest BCUT2D eigenvalue weighted by Gasteiger charge is 2.35. The molecule has 0 aliphatic carbocycles. The average Bonchev–Trinajstić information content (AvgIpc) is 3.12. The molecule has 1 fully saturated rings. The monoisotopic (exact) mass is 458 g/mol. The summed E-state index contributed by atoms with van der Waals surface area (Å²) in [4.78, 5) is 24.2. The third-order valence-electron chi connectivity index (χ3n) is 6.19. The lowest BCUT2D eigenvalue weighted by molar-refractivity contribution is -0.112. The number of hydrogen-bond acceptors (Lipinski definition) is 5. The van der Waals surface area contributed by atoms with Gasteiger partial charge in [-0.1, -0.05) is 30.3 Å². The highest BCUT2D eigenvalue weighted by molar-refractivity contribution is 6.54. The lowest BCUT2D eigenvalue weighted by atomic mass is 10.1. The zero-order chi connectivity index (χ0) is 23.5. The highest BCUT2D eigenvalue weighted by Crippen LogP contribution is 2.31. The second-order valence-electron chi connectivity index (χ2n) is 8.34. The molecule has 0 saturated carbocycles. The third kappa shape index (κ3) is 4.39. The number of halogens is 1. The maximum Gasteiger partial charge on any atom is 0.278 e. The van der Waals surface area contributed by atoms with E-state index < -0.39 is 0 Å².